The topological polar surface area (TPSA) is 125 Å². The highest BCUT2D eigenvalue weighted by molar-refractivity contribution is 7.89. The van der Waals surface area contributed by atoms with Gasteiger partial charge in [0.2, 0.25) is 10.0 Å². The molecule has 0 atom stereocenters. The number of aryl methyl sites for hydroxylation is 2. The summed E-state index contributed by atoms with van der Waals surface area (Å²) in [6.07, 6.45) is 1.47. The van der Waals surface area contributed by atoms with Gasteiger partial charge in [-0.25, -0.2) is 18.4 Å². The van der Waals surface area contributed by atoms with E-state index in [1.807, 2.05) is 32.0 Å². The minimum Gasteiger partial charge on any atom is -0.496 e. The first-order valence-corrected chi connectivity index (χ1v) is 10.5. The number of rotatable bonds is 8. The van der Waals surface area contributed by atoms with E-state index in [-0.39, 0.29) is 16.2 Å². The fraction of sp³-hybridized carbons (Fsp3) is 0.300. The molecule has 0 aliphatic rings. The molecule has 2 aromatic carbocycles. The number of amides is 1. The summed E-state index contributed by atoms with van der Waals surface area (Å²) >= 11 is 0. The van der Waals surface area contributed by atoms with Crippen molar-refractivity contribution in [3.05, 3.63) is 53.1 Å². The molecule has 156 valence electrons. The van der Waals surface area contributed by atoms with Crippen molar-refractivity contribution in [2.45, 2.75) is 31.6 Å². The van der Waals surface area contributed by atoms with Crippen LogP contribution in [0.4, 0.5) is 5.69 Å². The molecule has 29 heavy (non-hydrogen) atoms. The molecule has 0 unspecified atom stereocenters. The smallest absolute Gasteiger partial charge is 0.342 e. The van der Waals surface area contributed by atoms with E-state index in [9.17, 15) is 18.0 Å². The molecule has 0 spiro atoms. The number of hydrogen-bond donors (Lipinski definition) is 2. The highest BCUT2D eigenvalue weighted by atomic mass is 32.2. The Bertz CT molecular complexity index is 995. The maximum absolute atomic E-state index is 12.4. The van der Waals surface area contributed by atoms with Gasteiger partial charge in [0, 0.05) is 5.69 Å². The second kappa shape index (κ2) is 9.53. The Balaban J connectivity index is 2.15. The summed E-state index contributed by atoms with van der Waals surface area (Å²) in [7, 11) is -2.69. The third-order valence-electron chi connectivity index (χ3n) is 4.32. The number of anilines is 1. The number of carbonyl (C=O) groups excluding carboxylic acids is 2. The summed E-state index contributed by atoms with van der Waals surface area (Å²) in [6, 6.07) is 9.33. The van der Waals surface area contributed by atoms with E-state index >= 15 is 0 Å². The highest BCUT2D eigenvalue weighted by Crippen LogP contribution is 2.24. The number of para-hydroxylation sites is 1. The van der Waals surface area contributed by atoms with Crippen molar-refractivity contribution in [3.8, 4) is 5.75 Å². The minimum absolute atomic E-state index is 0.104. The van der Waals surface area contributed by atoms with Crippen LogP contribution in [0.2, 0.25) is 0 Å². The lowest BCUT2D eigenvalue weighted by molar-refractivity contribution is -0.119. The van der Waals surface area contributed by atoms with Crippen LogP contribution in [0.25, 0.3) is 0 Å². The Labute approximate surface area is 170 Å². The van der Waals surface area contributed by atoms with Crippen LogP contribution in [0.5, 0.6) is 5.75 Å². The van der Waals surface area contributed by atoms with Crippen LogP contribution in [0.3, 0.4) is 0 Å². The van der Waals surface area contributed by atoms with Crippen molar-refractivity contribution in [1.29, 1.82) is 0 Å². The molecule has 3 N–H and O–H groups in total. The lowest BCUT2D eigenvalue weighted by Crippen LogP contribution is -2.22. The molecule has 0 saturated carbocycles. The number of hydrogen-bond acceptors (Lipinski definition) is 6. The van der Waals surface area contributed by atoms with Gasteiger partial charge in [-0.3, -0.25) is 4.79 Å². The van der Waals surface area contributed by atoms with E-state index in [0.29, 0.717) is 5.69 Å². The van der Waals surface area contributed by atoms with Crippen molar-refractivity contribution in [3.63, 3.8) is 0 Å². The number of sulfonamides is 1. The molecular formula is C20H24N2O6S. The average Bonchev–Trinajstić information content (AvgIpc) is 2.70. The molecular weight excluding hydrogens is 396 g/mol. The zero-order valence-electron chi connectivity index (χ0n) is 16.5. The van der Waals surface area contributed by atoms with Gasteiger partial charge in [0.1, 0.15) is 11.3 Å². The van der Waals surface area contributed by atoms with Crippen molar-refractivity contribution < 1.29 is 27.5 Å². The second-order valence-electron chi connectivity index (χ2n) is 6.19. The summed E-state index contributed by atoms with van der Waals surface area (Å²) in [4.78, 5) is 24.5. The van der Waals surface area contributed by atoms with Gasteiger partial charge in [-0.1, -0.05) is 32.0 Å². The Kier molecular flexibility index (Phi) is 7.35. The monoisotopic (exact) mass is 420 g/mol. The van der Waals surface area contributed by atoms with E-state index in [4.69, 9.17) is 14.6 Å². The van der Waals surface area contributed by atoms with Crippen LogP contribution in [-0.2, 0) is 32.4 Å². The normalized spacial score (nSPS) is 11.0. The summed E-state index contributed by atoms with van der Waals surface area (Å²) in [6.45, 7) is 3.42. The lowest BCUT2D eigenvalue weighted by atomic mass is 10.0. The molecule has 9 heteroatoms. The van der Waals surface area contributed by atoms with Crippen molar-refractivity contribution in [1.82, 2.24) is 0 Å². The molecule has 1 amide bonds. The van der Waals surface area contributed by atoms with Gasteiger partial charge in [-0.05, 0) is 42.2 Å². The van der Waals surface area contributed by atoms with Crippen LogP contribution >= 0.6 is 0 Å². The first kappa shape index (κ1) is 22.4. The quantitative estimate of drug-likeness (QED) is 0.631. The zero-order valence-corrected chi connectivity index (χ0v) is 17.3. The summed E-state index contributed by atoms with van der Waals surface area (Å²) in [5, 5.41) is 7.88. The fourth-order valence-corrected chi connectivity index (χ4v) is 3.35. The SMILES string of the molecule is CCc1cccc(CC)c1NC(=O)COC(=O)c1cc(S(N)(=O)=O)ccc1OC. The number of methoxy groups -OCH3 is 1. The molecule has 0 heterocycles. The zero-order chi connectivity index (χ0) is 21.6. The Morgan fingerprint density at radius 2 is 1.69 bits per heavy atom. The van der Waals surface area contributed by atoms with Gasteiger partial charge < -0.3 is 14.8 Å². The fourth-order valence-electron chi connectivity index (χ4n) is 2.81. The average molecular weight is 420 g/mol. The molecule has 0 aliphatic carbocycles. The molecule has 0 aromatic heterocycles. The van der Waals surface area contributed by atoms with Gasteiger partial charge in [-0.15, -0.1) is 0 Å². The summed E-state index contributed by atoms with van der Waals surface area (Å²) < 4.78 is 33.1. The van der Waals surface area contributed by atoms with Gasteiger partial charge in [0.05, 0.1) is 12.0 Å². The maximum Gasteiger partial charge on any atom is 0.342 e. The summed E-state index contributed by atoms with van der Waals surface area (Å²) in [5.74, 6) is -1.30. The largest absolute Gasteiger partial charge is 0.496 e. The predicted molar refractivity (Wildman–Crippen MR) is 108 cm³/mol. The molecule has 8 nitrogen and oxygen atoms in total. The van der Waals surface area contributed by atoms with Crippen LogP contribution in [0, 0.1) is 0 Å². The minimum atomic E-state index is -4.01. The van der Waals surface area contributed by atoms with Gasteiger partial charge in [-0.2, -0.15) is 0 Å². The predicted octanol–water partition coefficient (Wildman–Crippen LogP) is 2.26. The molecule has 2 aromatic rings. The highest BCUT2D eigenvalue weighted by Gasteiger charge is 2.20. The van der Waals surface area contributed by atoms with E-state index in [1.54, 1.807) is 0 Å². The number of esters is 1. The van der Waals surface area contributed by atoms with Crippen LogP contribution in [0.1, 0.15) is 35.3 Å². The molecule has 0 radical (unpaired) electrons. The third-order valence-corrected chi connectivity index (χ3v) is 5.23. The van der Waals surface area contributed by atoms with Crippen LogP contribution in [0.15, 0.2) is 41.3 Å². The van der Waals surface area contributed by atoms with Gasteiger partial charge >= 0.3 is 5.97 Å². The summed E-state index contributed by atoms with van der Waals surface area (Å²) in [5.41, 5.74) is 2.53. The molecule has 0 saturated heterocycles. The number of carbonyl (C=O) groups is 2. The van der Waals surface area contributed by atoms with E-state index < -0.39 is 28.5 Å². The van der Waals surface area contributed by atoms with Crippen molar-refractivity contribution in [2.75, 3.05) is 19.0 Å². The number of ether oxygens (including phenoxy) is 2. The number of benzene rings is 2. The van der Waals surface area contributed by atoms with E-state index in [0.717, 1.165) is 30.0 Å². The van der Waals surface area contributed by atoms with Crippen LogP contribution in [-0.4, -0.2) is 34.0 Å². The number of nitrogens with two attached hydrogens (primary N) is 1. The first-order chi connectivity index (χ1) is 13.7. The van der Waals surface area contributed by atoms with Crippen LogP contribution < -0.4 is 15.2 Å². The molecule has 0 aliphatic heterocycles. The number of nitrogens with one attached hydrogen (secondary N) is 1. The van der Waals surface area contributed by atoms with Crippen molar-refractivity contribution in [2.24, 2.45) is 5.14 Å². The van der Waals surface area contributed by atoms with Crippen molar-refractivity contribution >= 4 is 27.6 Å². The second-order valence-corrected chi connectivity index (χ2v) is 7.75. The Hall–Kier alpha value is -2.91. The van der Waals surface area contributed by atoms with E-state index in [1.165, 1.54) is 19.2 Å². The number of primary sulfonamides is 1. The standard InChI is InChI=1S/C20H24N2O6S/c1-4-13-7-6-8-14(5-2)19(13)22-18(23)12-28-20(24)16-11-15(29(21,25)26)9-10-17(16)27-3/h6-11H,4-5,12H2,1-3H3,(H,22,23)(H2,21,25,26). The Morgan fingerprint density at radius 3 is 2.21 bits per heavy atom. The lowest BCUT2D eigenvalue weighted by Gasteiger charge is -2.15. The molecule has 0 bridgehead atoms. The maximum atomic E-state index is 12.4. The molecule has 2 rings (SSSR count). The van der Waals surface area contributed by atoms with Gasteiger partial charge in [0.25, 0.3) is 5.91 Å². The van der Waals surface area contributed by atoms with E-state index in [2.05, 4.69) is 5.32 Å². The van der Waals surface area contributed by atoms with Gasteiger partial charge in [0.15, 0.2) is 6.61 Å². The first-order valence-electron chi connectivity index (χ1n) is 8.99. The molecule has 0 fully saturated rings. The Morgan fingerprint density at radius 1 is 1.07 bits per heavy atom. The third kappa shape index (κ3) is 5.55.